The molecule has 2 atom stereocenters. The Morgan fingerprint density at radius 1 is 1.47 bits per heavy atom. The van der Waals surface area contributed by atoms with E-state index >= 15 is 0 Å². The second-order valence-corrected chi connectivity index (χ2v) is 5.00. The van der Waals surface area contributed by atoms with Crippen molar-refractivity contribution in [2.24, 2.45) is 0 Å². The highest BCUT2D eigenvalue weighted by Crippen LogP contribution is 2.13. The Bertz CT molecular complexity index is 393. The lowest BCUT2D eigenvalue weighted by Gasteiger charge is -2.10. The molecule has 0 amide bonds. The van der Waals surface area contributed by atoms with E-state index < -0.39 is 6.10 Å². The molecule has 1 aromatic rings. The number of ether oxygens (including phenoxy) is 1. The summed E-state index contributed by atoms with van der Waals surface area (Å²) < 4.78 is 6.17. The van der Waals surface area contributed by atoms with Gasteiger partial charge in [0.05, 0.1) is 6.10 Å². The zero-order valence-corrected chi connectivity index (χ0v) is 10.8. The number of nitrogens with one attached hydrogen (secondary N) is 1. The number of rotatable bonds is 3. The number of benzene rings is 1. The van der Waals surface area contributed by atoms with E-state index in [-0.39, 0.29) is 18.6 Å². The number of aliphatic hydroxyl groups is 1. The molecule has 1 aliphatic rings. The van der Waals surface area contributed by atoms with Crippen molar-refractivity contribution in [3.05, 3.63) is 34.3 Å². The van der Waals surface area contributed by atoms with E-state index in [2.05, 4.69) is 21.2 Å². The van der Waals surface area contributed by atoms with Crippen molar-refractivity contribution in [2.75, 3.05) is 6.54 Å². The van der Waals surface area contributed by atoms with E-state index in [9.17, 15) is 9.90 Å². The number of hydrogen-bond acceptors (Lipinski definition) is 4. The highest BCUT2D eigenvalue weighted by molar-refractivity contribution is 9.10. The van der Waals surface area contributed by atoms with E-state index in [4.69, 9.17) is 4.74 Å². The Labute approximate surface area is 108 Å². The Balaban J connectivity index is 1.82. The highest BCUT2D eigenvalue weighted by atomic mass is 79.9. The molecule has 1 fully saturated rings. The molecule has 0 bridgehead atoms. The first-order valence-electron chi connectivity index (χ1n) is 5.47. The number of halogens is 1. The van der Waals surface area contributed by atoms with Crippen molar-refractivity contribution in [3.8, 4) is 0 Å². The van der Waals surface area contributed by atoms with Crippen molar-refractivity contribution in [3.63, 3.8) is 0 Å². The fourth-order valence-corrected chi connectivity index (χ4v) is 2.00. The van der Waals surface area contributed by atoms with Crippen LogP contribution >= 0.6 is 15.9 Å². The van der Waals surface area contributed by atoms with Gasteiger partial charge in [0.1, 0.15) is 12.6 Å². The normalized spacial score (nSPS) is 23.6. The van der Waals surface area contributed by atoms with Crippen molar-refractivity contribution in [1.29, 1.82) is 0 Å². The van der Waals surface area contributed by atoms with Crippen LogP contribution in [0.3, 0.4) is 0 Å². The van der Waals surface area contributed by atoms with E-state index in [0.717, 1.165) is 10.0 Å². The van der Waals surface area contributed by atoms with Gasteiger partial charge in [-0.1, -0.05) is 28.1 Å². The van der Waals surface area contributed by atoms with Gasteiger partial charge in [-0.25, -0.2) is 0 Å². The molecule has 1 aliphatic heterocycles. The molecule has 0 radical (unpaired) electrons. The molecular weight excluding hydrogens is 286 g/mol. The van der Waals surface area contributed by atoms with Crippen molar-refractivity contribution in [2.45, 2.75) is 25.2 Å². The van der Waals surface area contributed by atoms with Gasteiger partial charge in [0.25, 0.3) is 0 Å². The van der Waals surface area contributed by atoms with Gasteiger partial charge in [-0.05, 0) is 17.7 Å². The summed E-state index contributed by atoms with van der Waals surface area (Å²) in [6.45, 7) is 0.721. The van der Waals surface area contributed by atoms with Gasteiger partial charge in [0, 0.05) is 17.4 Å². The molecular formula is C12H14BrNO3. The molecule has 92 valence electrons. The van der Waals surface area contributed by atoms with Gasteiger partial charge in [-0.15, -0.1) is 0 Å². The smallest absolute Gasteiger partial charge is 0.323 e. The maximum atomic E-state index is 11.6. The minimum absolute atomic E-state index is 0.264. The lowest BCUT2D eigenvalue weighted by molar-refractivity contribution is -0.147. The highest BCUT2D eigenvalue weighted by Gasteiger charge is 2.29. The third kappa shape index (κ3) is 3.52. The molecule has 0 aromatic heterocycles. The van der Waals surface area contributed by atoms with E-state index in [1.54, 1.807) is 0 Å². The first-order valence-corrected chi connectivity index (χ1v) is 6.27. The Morgan fingerprint density at radius 3 is 2.76 bits per heavy atom. The predicted molar refractivity (Wildman–Crippen MR) is 66.4 cm³/mol. The van der Waals surface area contributed by atoms with Crippen LogP contribution in [0.2, 0.25) is 0 Å². The van der Waals surface area contributed by atoms with Crippen LogP contribution < -0.4 is 5.32 Å². The lowest BCUT2D eigenvalue weighted by Crippen LogP contribution is -2.32. The monoisotopic (exact) mass is 299 g/mol. The Morgan fingerprint density at radius 2 is 2.18 bits per heavy atom. The van der Waals surface area contributed by atoms with Gasteiger partial charge in [0.2, 0.25) is 0 Å². The molecule has 2 rings (SSSR count). The van der Waals surface area contributed by atoms with Crippen LogP contribution in [-0.4, -0.2) is 29.8 Å². The summed E-state index contributed by atoms with van der Waals surface area (Å²) in [5, 5.41) is 12.2. The lowest BCUT2D eigenvalue weighted by atomic mass is 10.2. The minimum Gasteiger partial charge on any atom is -0.460 e. The molecule has 0 aliphatic carbocycles. The molecule has 0 spiro atoms. The number of carbonyl (C=O) groups is 1. The van der Waals surface area contributed by atoms with Crippen LogP contribution in [0.15, 0.2) is 28.7 Å². The van der Waals surface area contributed by atoms with E-state index in [1.165, 1.54) is 0 Å². The Hall–Kier alpha value is -0.910. The molecule has 4 nitrogen and oxygen atoms in total. The largest absolute Gasteiger partial charge is 0.460 e. The standard InChI is InChI=1S/C12H14BrNO3/c13-9-3-1-8(2-4-9)7-17-12(16)11-5-10(15)6-14-11/h1-4,10-11,14-15H,5-7H2/t10-,11-/m0/s1. The summed E-state index contributed by atoms with van der Waals surface area (Å²) >= 11 is 3.34. The molecule has 17 heavy (non-hydrogen) atoms. The second-order valence-electron chi connectivity index (χ2n) is 4.08. The average molecular weight is 300 g/mol. The molecule has 5 heteroatoms. The number of hydrogen-bond donors (Lipinski definition) is 2. The van der Waals surface area contributed by atoms with Gasteiger partial charge < -0.3 is 15.2 Å². The maximum Gasteiger partial charge on any atom is 0.323 e. The fourth-order valence-electron chi connectivity index (χ4n) is 1.73. The van der Waals surface area contributed by atoms with Gasteiger partial charge in [0.15, 0.2) is 0 Å². The molecule has 1 saturated heterocycles. The summed E-state index contributed by atoms with van der Waals surface area (Å²) in [5.41, 5.74) is 0.945. The maximum absolute atomic E-state index is 11.6. The number of aliphatic hydroxyl groups excluding tert-OH is 1. The predicted octanol–water partition coefficient (Wildman–Crippen LogP) is 1.22. The zero-order chi connectivity index (χ0) is 12.3. The van der Waals surface area contributed by atoms with Gasteiger partial charge in [-0.3, -0.25) is 4.79 Å². The van der Waals surface area contributed by atoms with Crippen LogP contribution in [0.1, 0.15) is 12.0 Å². The molecule has 2 N–H and O–H groups in total. The van der Waals surface area contributed by atoms with Crippen molar-refractivity contribution >= 4 is 21.9 Å². The number of carbonyl (C=O) groups excluding carboxylic acids is 1. The summed E-state index contributed by atoms with van der Waals surface area (Å²) in [5.74, 6) is -0.301. The van der Waals surface area contributed by atoms with E-state index in [1.807, 2.05) is 24.3 Å². The number of esters is 1. The zero-order valence-electron chi connectivity index (χ0n) is 9.23. The minimum atomic E-state index is -0.444. The topological polar surface area (TPSA) is 58.6 Å². The SMILES string of the molecule is O=C(OCc1ccc(Br)cc1)[C@@H]1C[C@H](O)CN1. The van der Waals surface area contributed by atoms with E-state index in [0.29, 0.717) is 13.0 Å². The van der Waals surface area contributed by atoms with Gasteiger partial charge in [-0.2, -0.15) is 0 Å². The summed E-state index contributed by atoms with van der Waals surface area (Å²) in [6, 6.07) is 7.23. The average Bonchev–Trinajstić information content (AvgIpc) is 2.75. The second kappa shape index (κ2) is 5.62. The Kier molecular flexibility index (Phi) is 4.15. The third-order valence-corrected chi connectivity index (χ3v) is 3.22. The quantitative estimate of drug-likeness (QED) is 0.824. The van der Waals surface area contributed by atoms with Crippen molar-refractivity contribution in [1.82, 2.24) is 5.32 Å². The molecule has 0 unspecified atom stereocenters. The molecule has 1 heterocycles. The summed E-state index contributed by atoms with van der Waals surface area (Å²) in [7, 11) is 0. The summed E-state index contributed by atoms with van der Waals surface area (Å²) in [6.07, 6.45) is -0.0145. The van der Waals surface area contributed by atoms with Crippen LogP contribution in [0.25, 0.3) is 0 Å². The van der Waals surface area contributed by atoms with Crippen LogP contribution in [0.5, 0.6) is 0 Å². The van der Waals surface area contributed by atoms with Crippen LogP contribution in [0.4, 0.5) is 0 Å². The van der Waals surface area contributed by atoms with Gasteiger partial charge >= 0.3 is 5.97 Å². The number of β-amino-alcohol motifs (C(OH)–C–C–N with tert-alkyl or cyclic N) is 1. The van der Waals surface area contributed by atoms with Crippen LogP contribution in [-0.2, 0) is 16.1 Å². The summed E-state index contributed by atoms with van der Waals surface area (Å²) in [4.78, 5) is 11.6. The first-order chi connectivity index (χ1) is 8.15. The van der Waals surface area contributed by atoms with Crippen LogP contribution in [0, 0.1) is 0 Å². The third-order valence-electron chi connectivity index (χ3n) is 2.69. The first kappa shape index (κ1) is 12.5. The molecule has 0 saturated carbocycles. The molecule has 1 aromatic carbocycles. The fraction of sp³-hybridized carbons (Fsp3) is 0.417. The van der Waals surface area contributed by atoms with Crippen molar-refractivity contribution < 1.29 is 14.6 Å².